The van der Waals surface area contributed by atoms with E-state index in [1.807, 2.05) is 50.4 Å². The van der Waals surface area contributed by atoms with Crippen molar-refractivity contribution in [2.24, 2.45) is 0 Å². The van der Waals surface area contributed by atoms with E-state index in [0.717, 1.165) is 39.2 Å². The monoisotopic (exact) mass is 304 g/mol. The molecule has 0 spiro atoms. The zero-order valence-corrected chi connectivity index (χ0v) is 13.0. The smallest absolute Gasteiger partial charge is 0.231 e. The van der Waals surface area contributed by atoms with Crippen molar-refractivity contribution in [3.63, 3.8) is 0 Å². The number of nitrogens with zero attached hydrogens (tertiary/aromatic N) is 3. The number of aryl methyl sites for hydroxylation is 1. The molecule has 0 fully saturated rings. The zero-order valence-electron chi connectivity index (χ0n) is 13.0. The SMILES string of the molecule is Cc1cccc2c(Nc3ccc4c(c3)CC(=O)N4C)ncnc12. The van der Waals surface area contributed by atoms with Crippen molar-refractivity contribution in [2.75, 3.05) is 17.3 Å². The highest BCUT2D eigenvalue weighted by molar-refractivity contribution is 6.01. The molecule has 1 aliphatic heterocycles. The maximum Gasteiger partial charge on any atom is 0.231 e. The Balaban J connectivity index is 1.74. The highest BCUT2D eigenvalue weighted by Crippen LogP contribution is 2.32. The van der Waals surface area contributed by atoms with Crippen LogP contribution in [0.4, 0.5) is 17.2 Å². The summed E-state index contributed by atoms with van der Waals surface area (Å²) in [5.74, 6) is 0.900. The average molecular weight is 304 g/mol. The maximum atomic E-state index is 11.8. The molecule has 1 amide bonds. The molecule has 4 rings (SSSR count). The van der Waals surface area contributed by atoms with Gasteiger partial charge in [0.2, 0.25) is 5.91 Å². The predicted octanol–water partition coefficient (Wildman–Crippen LogP) is 3.20. The number of hydrogen-bond donors (Lipinski definition) is 1. The second-order valence-electron chi connectivity index (χ2n) is 5.79. The third kappa shape index (κ3) is 2.21. The number of nitrogens with one attached hydrogen (secondary N) is 1. The first kappa shape index (κ1) is 13.7. The molecule has 0 bridgehead atoms. The van der Waals surface area contributed by atoms with Crippen molar-refractivity contribution < 1.29 is 4.79 Å². The lowest BCUT2D eigenvalue weighted by Gasteiger charge is -2.12. The molecule has 1 N–H and O–H groups in total. The molecule has 2 heterocycles. The second-order valence-corrected chi connectivity index (χ2v) is 5.79. The van der Waals surface area contributed by atoms with Crippen molar-refractivity contribution in [3.05, 3.63) is 53.9 Å². The van der Waals surface area contributed by atoms with Crippen molar-refractivity contribution in [1.29, 1.82) is 0 Å². The number of rotatable bonds is 2. The number of likely N-dealkylation sites (N-methyl/N-ethyl adjacent to an activating group) is 1. The minimum Gasteiger partial charge on any atom is -0.340 e. The summed E-state index contributed by atoms with van der Waals surface area (Å²) in [4.78, 5) is 22.2. The van der Waals surface area contributed by atoms with Gasteiger partial charge in [-0.05, 0) is 42.3 Å². The van der Waals surface area contributed by atoms with Crippen molar-refractivity contribution in [2.45, 2.75) is 13.3 Å². The summed E-state index contributed by atoms with van der Waals surface area (Å²) >= 11 is 0. The van der Waals surface area contributed by atoms with E-state index in [2.05, 4.69) is 15.3 Å². The molecule has 3 aromatic rings. The van der Waals surface area contributed by atoms with E-state index in [9.17, 15) is 4.79 Å². The quantitative estimate of drug-likeness (QED) is 0.790. The van der Waals surface area contributed by atoms with Gasteiger partial charge in [-0.25, -0.2) is 9.97 Å². The number of carbonyl (C=O) groups is 1. The Morgan fingerprint density at radius 1 is 1.17 bits per heavy atom. The van der Waals surface area contributed by atoms with Crippen LogP contribution in [0.1, 0.15) is 11.1 Å². The Hall–Kier alpha value is -2.95. The van der Waals surface area contributed by atoms with Crippen LogP contribution in [0, 0.1) is 6.92 Å². The fourth-order valence-electron chi connectivity index (χ4n) is 3.02. The summed E-state index contributed by atoms with van der Waals surface area (Å²) in [5.41, 5.74) is 5.00. The first-order valence-electron chi connectivity index (χ1n) is 7.50. The minimum atomic E-state index is 0.125. The molecule has 0 radical (unpaired) electrons. The number of anilines is 3. The summed E-state index contributed by atoms with van der Waals surface area (Å²) < 4.78 is 0. The zero-order chi connectivity index (χ0) is 16.0. The lowest BCUT2D eigenvalue weighted by Crippen LogP contribution is -2.20. The van der Waals surface area contributed by atoms with Gasteiger partial charge in [0.05, 0.1) is 11.9 Å². The van der Waals surface area contributed by atoms with Crippen LogP contribution in [-0.2, 0) is 11.2 Å². The van der Waals surface area contributed by atoms with Gasteiger partial charge in [-0.2, -0.15) is 0 Å². The van der Waals surface area contributed by atoms with E-state index in [4.69, 9.17) is 0 Å². The largest absolute Gasteiger partial charge is 0.340 e. The van der Waals surface area contributed by atoms with Gasteiger partial charge in [-0.3, -0.25) is 4.79 Å². The van der Waals surface area contributed by atoms with Crippen LogP contribution in [0.25, 0.3) is 10.9 Å². The summed E-state index contributed by atoms with van der Waals surface area (Å²) in [7, 11) is 1.81. The first-order chi connectivity index (χ1) is 11.1. The molecule has 0 aliphatic carbocycles. The van der Waals surface area contributed by atoms with Gasteiger partial charge in [0, 0.05) is 23.8 Å². The molecule has 1 aliphatic rings. The summed E-state index contributed by atoms with van der Waals surface area (Å²) in [6.45, 7) is 2.04. The standard InChI is InChI=1S/C18H16N4O/c1-11-4-3-5-14-17(11)19-10-20-18(14)21-13-6-7-15-12(8-13)9-16(23)22(15)2/h3-8,10H,9H2,1-2H3,(H,19,20,21). The molecular weight excluding hydrogens is 288 g/mol. The van der Waals surface area contributed by atoms with Gasteiger partial charge in [0.15, 0.2) is 0 Å². The molecule has 5 nitrogen and oxygen atoms in total. The fraction of sp³-hybridized carbons (Fsp3) is 0.167. The van der Waals surface area contributed by atoms with Gasteiger partial charge in [0.25, 0.3) is 0 Å². The number of fused-ring (bicyclic) bond motifs is 2. The molecule has 114 valence electrons. The summed E-state index contributed by atoms with van der Waals surface area (Å²) in [6.07, 6.45) is 2.02. The van der Waals surface area contributed by atoms with E-state index in [0.29, 0.717) is 6.42 Å². The molecular formula is C18H16N4O. The number of benzene rings is 2. The Morgan fingerprint density at radius 2 is 2.04 bits per heavy atom. The molecule has 1 aromatic heterocycles. The van der Waals surface area contributed by atoms with Crippen molar-refractivity contribution in [1.82, 2.24) is 9.97 Å². The molecule has 0 unspecified atom stereocenters. The average Bonchev–Trinajstić information content (AvgIpc) is 2.83. The molecule has 0 saturated heterocycles. The second kappa shape index (κ2) is 5.05. The maximum absolute atomic E-state index is 11.8. The van der Waals surface area contributed by atoms with Crippen LogP contribution in [-0.4, -0.2) is 22.9 Å². The highest BCUT2D eigenvalue weighted by atomic mass is 16.2. The van der Waals surface area contributed by atoms with E-state index < -0.39 is 0 Å². The van der Waals surface area contributed by atoms with E-state index >= 15 is 0 Å². The number of aromatic nitrogens is 2. The third-order valence-electron chi connectivity index (χ3n) is 4.29. The van der Waals surface area contributed by atoms with Crippen LogP contribution in [0.5, 0.6) is 0 Å². The van der Waals surface area contributed by atoms with Crippen LogP contribution in [0.2, 0.25) is 0 Å². The van der Waals surface area contributed by atoms with Crippen LogP contribution >= 0.6 is 0 Å². The van der Waals surface area contributed by atoms with Gasteiger partial charge in [-0.1, -0.05) is 12.1 Å². The Labute approximate surface area is 134 Å². The third-order valence-corrected chi connectivity index (χ3v) is 4.29. The van der Waals surface area contributed by atoms with Crippen LogP contribution in [0.3, 0.4) is 0 Å². The van der Waals surface area contributed by atoms with Gasteiger partial charge >= 0.3 is 0 Å². The summed E-state index contributed by atoms with van der Waals surface area (Å²) in [5, 5.41) is 4.34. The summed E-state index contributed by atoms with van der Waals surface area (Å²) in [6, 6.07) is 12.0. The lowest BCUT2D eigenvalue weighted by atomic mass is 10.1. The van der Waals surface area contributed by atoms with Crippen LogP contribution in [0.15, 0.2) is 42.7 Å². The number of para-hydroxylation sites is 1. The van der Waals surface area contributed by atoms with Gasteiger partial charge < -0.3 is 10.2 Å². The van der Waals surface area contributed by atoms with E-state index in [1.54, 1.807) is 11.2 Å². The van der Waals surface area contributed by atoms with Crippen molar-refractivity contribution in [3.8, 4) is 0 Å². The Bertz CT molecular complexity index is 935. The number of carbonyl (C=O) groups excluding carboxylic acids is 1. The number of amides is 1. The molecule has 2 aromatic carbocycles. The van der Waals surface area contributed by atoms with Gasteiger partial charge in [0.1, 0.15) is 12.1 Å². The normalized spacial score (nSPS) is 13.5. The fourth-order valence-corrected chi connectivity index (χ4v) is 3.02. The van der Waals surface area contributed by atoms with Crippen LogP contribution < -0.4 is 10.2 Å². The molecule has 0 atom stereocenters. The predicted molar refractivity (Wildman–Crippen MR) is 91.1 cm³/mol. The van der Waals surface area contributed by atoms with Gasteiger partial charge in [-0.15, -0.1) is 0 Å². The van der Waals surface area contributed by atoms with E-state index in [-0.39, 0.29) is 5.91 Å². The van der Waals surface area contributed by atoms with E-state index in [1.165, 1.54) is 0 Å². The molecule has 23 heavy (non-hydrogen) atoms. The Morgan fingerprint density at radius 3 is 2.91 bits per heavy atom. The first-order valence-corrected chi connectivity index (χ1v) is 7.50. The molecule has 0 saturated carbocycles. The molecule has 5 heteroatoms. The van der Waals surface area contributed by atoms with Crippen molar-refractivity contribution >= 4 is 34.0 Å². The highest BCUT2D eigenvalue weighted by Gasteiger charge is 2.23. The topological polar surface area (TPSA) is 58.1 Å². The Kier molecular flexibility index (Phi) is 3.01. The minimum absolute atomic E-state index is 0.125. The number of hydrogen-bond acceptors (Lipinski definition) is 4. The lowest BCUT2D eigenvalue weighted by molar-refractivity contribution is -0.117.